The van der Waals surface area contributed by atoms with Gasteiger partial charge in [-0.15, -0.1) is 0 Å². The second kappa shape index (κ2) is 7.73. The van der Waals surface area contributed by atoms with E-state index < -0.39 is 10.9 Å². The van der Waals surface area contributed by atoms with E-state index in [1.807, 2.05) is 6.92 Å². The number of nitrogens with zero attached hydrogens (tertiary/aromatic N) is 2. The molecule has 0 bridgehead atoms. The van der Waals surface area contributed by atoms with Crippen molar-refractivity contribution in [3.63, 3.8) is 0 Å². The van der Waals surface area contributed by atoms with Crippen LogP contribution in [0.25, 0.3) is 0 Å². The van der Waals surface area contributed by atoms with Gasteiger partial charge in [-0.2, -0.15) is 0 Å². The van der Waals surface area contributed by atoms with Crippen molar-refractivity contribution in [1.82, 2.24) is 0 Å². The lowest BCUT2D eigenvalue weighted by Gasteiger charge is -2.28. The van der Waals surface area contributed by atoms with Crippen LogP contribution in [0.15, 0.2) is 42.5 Å². The van der Waals surface area contributed by atoms with Crippen molar-refractivity contribution >= 4 is 28.9 Å². The first-order valence-electron chi connectivity index (χ1n) is 8.23. The molecule has 0 saturated carbocycles. The SMILES string of the molecule is CCOc1ccc(NC(=O)CN2CC(=O)Oc3cc([N+](=O)[O-])ccc32)cc1. The van der Waals surface area contributed by atoms with Crippen molar-refractivity contribution in [2.45, 2.75) is 6.92 Å². The molecule has 1 heterocycles. The Bertz CT molecular complexity index is 881. The van der Waals surface area contributed by atoms with E-state index in [4.69, 9.17) is 9.47 Å². The molecule has 1 N–H and O–H groups in total. The number of nitro groups is 1. The topological polar surface area (TPSA) is 111 Å². The average Bonchev–Trinajstić information content (AvgIpc) is 2.62. The Morgan fingerprint density at radius 1 is 1.30 bits per heavy atom. The van der Waals surface area contributed by atoms with Crippen LogP contribution in [0.1, 0.15) is 6.92 Å². The zero-order chi connectivity index (χ0) is 19.4. The predicted molar refractivity (Wildman–Crippen MR) is 97.2 cm³/mol. The normalized spacial score (nSPS) is 12.8. The Morgan fingerprint density at radius 2 is 2.04 bits per heavy atom. The van der Waals surface area contributed by atoms with Gasteiger partial charge in [-0.3, -0.25) is 14.9 Å². The van der Waals surface area contributed by atoms with E-state index in [-0.39, 0.29) is 30.4 Å². The van der Waals surface area contributed by atoms with Gasteiger partial charge in [0.05, 0.1) is 29.8 Å². The molecule has 0 saturated heterocycles. The fourth-order valence-electron chi connectivity index (χ4n) is 2.67. The summed E-state index contributed by atoms with van der Waals surface area (Å²) in [5, 5.41) is 13.6. The van der Waals surface area contributed by atoms with E-state index >= 15 is 0 Å². The molecule has 3 rings (SSSR count). The quantitative estimate of drug-likeness (QED) is 0.359. The van der Waals surface area contributed by atoms with Crippen molar-refractivity contribution in [2.24, 2.45) is 0 Å². The number of hydrogen-bond donors (Lipinski definition) is 1. The third-order valence-corrected chi connectivity index (χ3v) is 3.82. The standard InChI is InChI=1S/C18H17N3O6/c1-2-26-14-6-3-12(4-7-14)19-17(22)10-20-11-18(23)27-16-9-13(21(24)25)5-8-15(16)20/h3-9H,2,10-11H2,1H3,(H,19,22). The van der Waals surface area contributed by atoms with Gasteiger partial charge in [0.15, 0.2) is 5.75 Å². The van der Waals surface area contributed by atoms with Gasteiger partial charge in [-0.1, -0.05) is 0 Å². The summed E-state index contributed by atoms with van der Waals surface area (Å²) >= 11 is 0. The molecular weight excluding hydrogens is 354 g/mol. The van der Waals surface area contributed by atoms with Gasteiger partial charge >= 0.3 is 5.97 Å². The highest BCUT2D eigenvalue weighted by molar-refractivity contribution is 5.96. The minimum atomic E-state index is -0.586. The Kier molecular flexibility index (Phi) is 5.20. The van der Waals surface area contributed by atoms with Gasteiger partial charge in [0.2, 0.25) is 5.91 Å². The number of ether oxygens (including phenoxy) is 2. The van der Waals surface area contributed by atoms with Crippen molar-refractivity contribution in [2.75, 3.05) is 29.9 Å². The van der Waals surface area contributed by atoms with Crippen LogP contribution in [0.3, 0.4) is 0 Å². The largest absolute Gasteiger partial charge is 0.494 e. The van der Waals surface area contributed by atoms with E-state index in [9.17, 15) is 19.7 Å². The minimum Gasteiger partial charge on any atom is -0.494 e. The van der Waals surface area contributed by atoms with Crippen LogP contribution in [0.5, 0.6) is 11.5 Å². The third kappa shape index (κ3) is 4.32. The van der Waals surface area contributed by atoms with Gasteiger partial charge in [0, 0.05) is 11.8 Å². The maximum absolute atomic E-state index is 12.3. The molecule has 2 aromatic rings. The van der Waals surface area contributed by atoms with Crippen LogP contribution in [0, 0.1) is 10.1 Å². The number of amides is 1. The fourth-order valence-corrected chi connectivity index (χ4v) is 2.67. The van der Waals surface area contributed by atoms with Crippen molar-refractivity contribution < 1.29 is 24.0 Å². The summed E-state index contributed by atoms with van der Waals surface area (Å²) in [6, 6.07) is 10.8. The Labute approximate surface area is 154 Å². The van der Waals surface area contributed by atoms with Crippen molar-refractivity contribution in [3.8, 4) is 11.5 Å². The van der Waals surface area contributed by atoms with Gasteiger partial charge in [0.1, 0.15) is 12.3 Å². The summed E-state index contributed by atoms with van der Waals surface area (Å²) in [5.41, 5.74) is 0.844. The van der Waals surface area contributed by atoms with Crippen molar-refractivity contribution in [1.29, 1.82) is 0 Å². The zero-order valence-electron chi connectivity index (χ0n) is 14.5. The number of nitro benzene ring substituents is 1. The molecule has 0 aliphatic carbocycles. The van der Waals surface area contributed by atoms with Gasteiger partial charge in [-0.05, 0) is 37.3 Å². The van der Waals surface area contributed by atoms with E-state index in [2.05, 4.69) is 5.32 Å². The average molecular weight is 371 g/mol. The molecule has 0 unspecified atom stereocenters. The van der Waals surface area contributed by atoms with Crippen LogP contribution in [-0.4, -0.2) is 36.5 Å². The number of esters is 1. The smallest absolute Gasteiger partial charge is 0.331 e. The summed E-state index contributed by atoms with van der Waals surface area (Å²) < 4.78 is 10.4. The Balaban J connectivity index is 1.71. The van der Waals surface area contributed by atoms with Crippen LogP contribution < -0.4 is 19.7 Å². The number of non-ortho nitro benzene ring substituents is 1. The summed E-state index contributed by atoms with van der Waals surface area (Å²) in [5.74, 6) is -0.158. The number of hydrogen-bond acceptors (Lipinski definition) is 7. The molecule has 0 atom stereocenters. The lowest BCUT2D eigenvalue weighted by molar-refractivity contribution is -0.384. The highest BCUT2D eigenvalue weighted by Gasteiger charge is 2.27. The third-order valence-electron chi connectivity index (χ3n) is 3.82. The molecule has 9 heteroatoms. The molecule has 9 nitrogen and oxygen atoms in total. The van der Waals surface area contributed by atoms with Gasteiger partial charge < -0.3 is 19.7 Å². The summed E-state index contributed by atoms with van der Waals surface area (Å²) in [7, 11) is 0. The van der Waals surface area contributed by atoms with Crippen LogP contribution in [-0.2, 0) is 9.59 Å². The number of carbonyl (C=O) groups excluding carboxylic acids is 2. The van der Waals surface area contributed by atoms with Gasteiger partial charge in [-0.25, -0.2) is 4.79 Å². The highest BCUT2D eigenvalue weighted by atomic mass is 16.6. The Morgan fingerprint density at radius 3 is 2.70 bits per heavy atom. The van der Waals surface area contributed by atoms with Crippen LogP contribution in [0.4, 0.5) is 17.1 Å². The van der Waals surface area contributed by atoms with E-state index in [1.165, 1.54) is 23.1 Å². The molecule has 0 spiro atoms. The first-order valence-corrected chi connectivity index (χ1v) is 8.23. The predicted octanol–water partition coefficient (Wildman–Crippen LogP) is 2.36. The lowest BCUT2D eigenvalue weighted by atomic mass is 10.2. The zero-order valence-corrected chi connectivity index (χ0v) is 14.5. The van der Waals surface area contributed by atoms with E-state index in [0.29, 0.717) is 23.7 Å². The van der Waals surface area contributed by atoms with Crippen LogP contribution in [0.2, 0.25) is 0 Å². The Hall–Kier alpha value is -3.62. The van der Waals surface area contributed by atoms with Gasteiger partial charge in [0.25, 0.3) is 5.69 Å². The molecule has 140 valence electrons. The number of benzene rings is 2. The van der Waals surface area contributed by atoms with E-state index in [1.54, 1.807) is 24.3 Å². The number of fused-ring (bicyclic) bond motifs is 1. The molecule has 0 aromatic heterocycles. The maximum atomic E-state index is 12.3. The number of rotatable bonds is 6. The number of nitrogens with one attached hydrogen (secondary N) is 1. The molecule has 1 amide bonds. The van der Waals surface area contributed by atoms with Crippen molar-refractivity contribution in [3.05, 3.63) is 52.6 Å². The first-order chi connectivity index (χ1) is 13.0. The number of carbonyl (C=O) groups is 2. The summed E-state index contributed by atoms with van der Waals surface area (Å²) in [6.07, 6.45) is 0. The molecule has 1 aliphatic heterocycles. The molecule has 0 fully saturated rings. The first kappa shape index (κ1) is 18.2. The number of anilines is 2. The minimum absolute atomic E-state index is 0.0642. The second-order valence-corrected chi connectivity index (χ2v) is 5.74. The lowest BCUT2D eigenvalue weighted by Crippen LogP contribution is -2.41. The second-order valence-electron chi connectivity index (χ2n) is 5.74. The monoisotopic (exact) mass is 371 g/mol. The highest BCUT2D eigenvalue weighted by Crippen LogP contribution is 2.35. The van der Waals surface area contributed by atoms with E-state index in [0.717, 1.165) is 0 Å². The summed E-state index contributed by atoms with van der Waals surface area (Å²) in [4.78, 5) is 35.9. The molecule has 0 radical (unpaired) electrons. The maximum Gasteiger partial charge on any atom is 0.331 e. The molecular formula is C18H17N3O6. The molecule has 2 aromatic carbocycles. The summed E-state index contributed by atoms with van der Waals surface area (Å²) in [6.45, 7) is 2.20. The van der Waals surface area contributed by atoms with Crippen LogP contribution >= 0.6 is 0 Å². The fraction of sp³-hybridized carbons (Fsp3) is 0.222. The molecule has 1 aliphatic rings. The molecule has 27 heavy (non-hydrogen) atoms.